The van der Waals surface area contributed by atoms with E-state index in [1.54, 1.807) is 26.0 Å². The standard InChI is InChI=1S/C18H25F2N5O/c1-4-5-15(6-17(21)24-13(3)9-20)25-18-7-16(23-12(2)8-19)14(11-26)10-22-18/h5-7,10-12H,4,8-9,21H2,1-3H3,(H2,22,23,25)/b15-5-,17-6-,24-13+. The van der Waals surface area contributed by atoms with E-state index < -0.39 is 19.4 Å². The van der Waals surface area contributed by atoms with E-state index in [0.29, 0.717) is 35.5 Å². The molecule has 1 heterocycles. The maximum Gasteiger partial charge on any atom is 0.153 e. The third-order valence-electron chi connectivity index (χ3n) is 3.21. The number of nitrogens with one attached hydrogen (secondary N) is 2. The quantitative estimate of drug-likeness (QED) is 0.335. The first-order valence-electron chi connectivity index (χ1n) is 8.25. The van der Waals surface area contributed by atoms with Crippen LogP contribution in [0.1, 0.15) is 37.6 Å². The first kappa shape index (κ1) is 21.3. The van der Waals surface area contributed by atoms with Crippen molar-refractivity contribution >= 4 is 23.5 Å². The lowest BCUT2D eigenvalue weighted by molar-refractivity contribution is 0.112. The van der Waals surface area contributed by atoms with Crippen LogP contribution < -0.4 is 16.4 Å². The number of aromatic nitrogens is 1. The molecule has 0 aliphatic heterocycles. The monoisotopic (exact) mass is 365 g/mol. The molecule has 0 aliphatic carbocycles. The van der Waals surface area contributed by atoms with Gasteiger partial charge in [0.05, 0.1) is 17.3 Å². The highest BCUT2D eigenvalue weighted by atomic mass is 19.1. The lowest BCUT2D eigenvalue weighted by atomic mass is 10.2. The van der Waals surface area contributed by atoms with Crippen LogP contribution in [0, 0.1) is 0 Å². The van der Waals surface area contributed by atoms with Gasteiger partial charge in [0.1, 0.15) is 25.0 Å². The molecule has 0 fully saturated rings. The van der Waals surface area contributed by atoms with Crippen LogP contribution in [0.5, 0.6) is 0 Å². The minimum absolute atomic E-state index is 0.154. The molecule has 26 heavy (non-hydrogen) atoms. The van der Waals surface area contributed by atoms with Crippen LogP contribution in [-0.2, 0) is 0 Å². The number of carbonyl (C=O) groups is 1. The van der Waals surface area contributed by atoms with E-state index in [4.69, 9.17) is 5.73 Å². The minimum atomic E-state index is -0.675. The van der Waals surface area contributed by atoms with E-state index in [2.05, 4.69) is 20.6 Å². The molecule has 0 radical (unpaired) electrons. The van der Waals surface area contributed by atoms with Crippen LogP contribution in [0.3, 0.4) is 0 Å². The number of carbonyl (C=O) groups excluding carboxylic acids is 1. The molecular weight excluding hydrogens is 340 g/mol. The van der Waals surface area contributed by atoms with E-state index in [9.17, 15) is 13.6 Å². The number of nitrogens with zero attached hydrogens (tertiary/aromatic N) is 2. The third kappa shape index (κ3) is 7.00. The summed E-state index contributed by atoms with van der Waals surface area (Å²) in [6.45, 7) is 3.90. The molecule has 0 aromatic carbocycles. The maximum atomic E-state index is 12.7. The Kier molecular flexibility index (Phi) is 8.97. The molecule has 0 spiro atoms. The number of rotatable bonds is 10. The van der Waals surface area contributed by atoms with Gasteiger partial charge in [-0.2, -0.15) is 0 Å². The average molecular weight is 365 g/mol. The van der Waals surface area contributed by atoms with Gasteiger partial charge in [-0.05, 0) is 20.3 Å². The van der Waals surface area contributed by atoms with Gasteiger partial charge in [-0.1, -0.05) is 13.0 Å². The Labute approximate surface area is 152 Å². The topological polar surface area (TPSA) is 92.4 Å². The van der Waals surface area contributed by atoms with Crippen molar-refractivity contribution in [2.75, 3.05) is 24.0 Å². The van der Waals surface area contributed by atoms with E-state index in [0.717, 1.165) is 0 Å². The third-order valence-corrected chi connectivity index (χ3v) is 3.21. The number of aliphatic imine (C=N–C) groups is 1. The summed E-state index contributed by atoms with van der Waals surface area (Å²) in [7, 11) is 0. The normalized spacial score (nSPS) is 14.1. The largest absolute Gasteiger partial charge is 0.384 e. The number of hydrogen-bond acceptors (Lipinski definition) is 6. The van der Waals surface area contributed by atoms with E-state index in [1.165, 1.54) is 6.20 Å². The summed E-state index contributed by atoms with van der Waals surface area (Å²) in [5.74, 6) is 0.598. The Balaban J connectivity index is 3.09. The van der Waals surface area contributed by atoms with Crippen molar-refractivity contribution in [2.24, 2.45) is 10.7 Å². The smallest absolute Gasteiger partial charge is 0.153 e. The maximum absolute atomic E-state index is 12.7. The van der Waals surface area contributed by atoms with Crippen LogP contribution in [0.15, 0.2) is 40.9 Å². The Morgan fingerprint density at radius 2 is 2.19 bits per heavy atom. The molecule has 0 amide bonds. The molecule has 1 aromatic rings. The van der Waals surface area contributed by atoms with Gasteiger partial charge in [0.25, 0.3) is 0 Å². The summed E-state index contributed by atoms with van der Waals surface area (Å²) in [4.78, 5) is 19.2. The second-order valence-electron chi connectivity index (χ2n) is 5.72. The van der Waals surface area contributed by atoms with Gasteiger partial charge in [-0.15, -0.1) is 0 Å². The molecule has 142 valence electrons. The molecule has 8 heteroatoms. The molecular formula is C18H25F2N5O. The second kappa shape index (κ2) is 11.0. The fourth-order valence-electron chi connectivity index (χ4n) is 2.01. The van der Waals surface area contributed by atoms with E-state index in [-0.39, 0.29) is 11.5 Å². The number of pyridine rings is 1. The van der Waals surface area contributed by atoms with Gasteiger partial charge in [-0.25, -0.2) is 18.8 Å². The van der Waals surface area contributed by atoms with Crippen LogP contribution >= 0.6 is 0 Å². The van der Waals surface area contributed by atoms with E-state index >= 15 is 0 Å². The first-order chi connectivity index (χ1) is 12.4. The zero-order valence-corrected chi connectivity index (χ0v) is 15.2. The summed E-state index contributed by atoms with van der Waals surface area (Å²) in [5, 5.41) is 5.99. The summed E-state index contributed by atoms with van der Waals surface area (Å²) >= 11 is 0. The molecule has 6 nitrogen and oxygen atoms in total. The molecule has 4 N–H and O–H groups in total. The van der Waals surface area contributed by atoms with Crippen molar-refractivity contribution in [3.63, 3.8) is 0 Å². The number of halogens is 2. The minimum Gasteiger partial charge on any atom is -0.384 e. The van der Waals surface area contributed by atoms with Crippen LogP contribution in [-0.4, -0.2) is 36.4 Å². The highest BCUT2D eigenvalue weighted by Gasteiger charge is 2.09. The van der Waals surface area contributed by atoms with E-state index in [1.807, 2.05) is 13.0 Å². The highest BCUT2D eigenvalue weighted by molar-refractivity contribution is 5.85. The highest BCUT2D eigenvalue weighted by Crippen LogP contribution is 2.20. The summed E-state index contributed by atoms with van der Waals surface area (Å²) < 4.78 is 25.3. The van der Waals surface area contributed by atoms with Gasteiger partial charge in [0.15, 0.2) is 6.29 Å². The predicted molar refractivity (Wildman–Crippen MR) is 102 cm³/mol. The Morgan fingerprint density at radius 1 is 1.46 bits per heavy atom. The lowest BCUT2D eigenvalue weighted by Gasteiger charge is -2.15. The van der Waals surface area contributed by atoms with Gasteiger partial charge < -0.3 is 16.4 Å². The zero-order chi connectivity index (χ0) is 19.5. The van der Waals surface area contributed by atoms with Crippen molar-refractivity contribution in [1.82, 2.24) is 4.98 Å². The summed E-state index contributed by atoms with van der Waals surface area (Å²) in [5.41, 5.74) is 7.50. The number of hydrogen-bond donors (Lipinski definition) is 3. The molecule has 0 bridgehead atoms. The number of allylic oxidation sites excluding steroid dienone is 2. The second-order valence-corrected chi connectivity index (χ2v) is 5.72. The Morgan fingerprint density at radius 3 is 2.77 bits per heavy atom. The van der Waals surface area contributed by atoms with Crippen LogP contribution in [0.4, 0.5) is 20.3 Å². The van der Waals surface area contributed by atoms with Crippen molar-refractivity contribution < 1.29 is 13.6 Å². The van der Waals surface area contributed by atoms with Crippen LogP contribution in [0.2, 0.25) is 0 Å². The zero-order valence-electron chi connectivity index (χ0n) is 15.2. The number of alkyl halides is 2. The van der Waals surface area contributed by atoms with Gasteiger partial charge in [0.2, 0.25) is 0 Å². The summed E-state index contributed by atoms with van der Waals surface area (Å²) in [6, 6.07) is 1.17. The first-order valence-corrected chi connectivity index (χ1v) is 8.25. The lowest BCUT2D eigenvalue weighted by Crippen LogP contribution is -2.18. The molecule has 1 aromatic heterocycles. The molecule has 1 atom stereocenters. The van der Waals surface area contributed by atoms with Crippen molar-refractivity contribution in [3.8, 4) is 0 Å². The fourth-order valence-corrected chi connectivity index (χ4v) is 2.01. The predicted octanol–water partition coefficient (Wildman–Crippen LogP) is 3.60. The SMILES string of the molecule is CC/C=C(/C=C(N)\N=C(/C)CF)Nc1cc(NC(C)CF)c(C=O)cn1. The fraction of sp³-hybridized carbons (Fsp3) is 0.389. The Hall–Kier alpha value is -2.77. The molecule has 0 saturated heterocycles. The van der Waals surface area contributed by atoms with Crippen molar-refractivity contribution in [3.05, 3.63) is 41.5 Å². The van der Waals surface area contributed by atoms with Crippen molar-refractivity contribution in [1.29, 1.82) is 0 Å². The molecule has 1 rings (SSSR count). The molecule has 0 saturated carbocycles. The van der Waals surface area contributed by atoms with Gasteiger partial charge in [-0.3, -0.25) is 4.79 Å². The number of aldehydes is 1. The Bertz CT molecular complexity index is 701. The number of anilines is 2. The van der Waals surface area contributed by atoms with Gasteiger partial charge >= 0.3 is 0 Å². The summed E-state index contributed by atoms with van der Waals surface area (Å²) in [6.07, 6.45) is 6.19. The van der Waals surface area contributed by atoms with Crippen molar-refractivity contribution in [2.45, 2.75) is 33.2 Å². The average Bonchev–Trinajstić information content (AvgIpc) is 2.61. The number of nitrogens with two attached hydrogens (primary N) is 1. The van der Waals surface area contributed by atoms with Crippen LogP contribution in [0.25, 0.3) is 0 Å². The van der Waals surface area contributed by atoms with Gasteiger partial charge in [0, 0.05) is 29.7 Å². The molecule has 1 unspecified atom stereocenters. The molecule has 0 aliphatic rings.